The van der Waals surface area contributed by atoms with Gasteiger partial charge in [-0.3, -0.25) is 4.79 Å². The van der Waals surface area contributed by atoms with E-state index in [9.17, 15) is 4.79 Å². The second-order valence-electron chi connectivity index (χ2n) is 8.43. The van der Waals surface area contributed by atoms with Gasteiger partial charge in [0.25, 0.3) is 5.91 Å². The summed E-state index contributed by atoms with van der Waals surface area (Å²) in [5.41, 5.74) is 1.75. The Morgan fingerprint density at radius 2 is 1.70 bits per heavy atom. The highest BCUT2D eigenvalue weighted by molar-refractivity contribution is 5.74. The monoisotopic (exact) mass is 313 g/mol. The van der Waals surface area contributed by atoms with Crippen LogP contribution in [0, 0.1) is 23.2 Å². The van der Waals surface area contributed by atoms with Crippen molar-refractivity contribution in [1.82, 2.24) is 5.32 Å². The number of carbonyl (C=O) groups is 1. The maximum absolute atomic E-state index is 12.3. The standard InChI is InChI=1S/C20H28N2O/c1-2-15-3-5-22(6-4-15)13-19(23)21-14-20-10-16-7-17(11-20)9-18(8-16)12-20/h3-6,16-18H,2,7-14H2,1H3/p+1. The molecule has 4 bridgehead atoms. The molecule has 0 spiro atoms. The van der Waals surface area contributed by atoms with Crippen LogP contribution in [-0.2, 0) is 17.8 Å². The van der Waals surface area contributed by atoms with E-state index < -0.39 is 0 Å². The molecule has 1 aromatic rings. The van der Waals surface area contributed by atoms with Crippen molar-refractivity contribution in [3.8, 4) is 0 Å². The highest BCUT2D eigenvalue weighted by Crippen LogP contribution is 2.59. The van der Waals surface area contributed by atoms with Crippen molar-refractivity contribution in [2.75, 3.05) is 6.54 Å². The third-order valence-corrected chi connectivity index (χ3v) is 6.52. The summed E-state index contributed by atoms with van der Waals surface area (Å²) < 4.78 is 1.98. The Kier molecular flexibility index (Phi) is 3.90. The molecule has 0 unspecified atom stereocenters. The fourth-order valence-electron chi connectivity index (χ4n) is 5.84. The number of rotatable bonds is 5. The van der Waals surface area contributed by atoms with Crippen LogP contribution in [0.25, 0.3) is 0 Å². The van der Waals surface area contributed by atoms with E-state index in [0.29, 0.717) is 12.0 Å². The molecule has 0 aliphatic heterocycles. The smallest absolute Gasteiger partial charge is 0.286 e. The minimum atomic E-state index is 0.162. The number of hydrogen-bond acceptors (Lipinski definition) is 1. The van der Waals surface area contributed by atoms with E-state index >= 15 is 0 Å². The lowest BCUT2D eigenvalue weighted by molar-refractivity contribution is -0.684. The van der Waals surface area contributed by atoms with Gasteiger partial charge in [0.2, 0.25) is 6.54 Å². The molecule has 5 rings (SSSR count). The molecule has 3 nitrogen and oxygen atoms in total. The molecule has 23 heavy (non-hydrogen) atoms. The van der Waals surface area contributed by atoms with Crippen molar-refractivity contribution in [1.29, 1.82) is 0 Å². The molecule has 1 heterocycles. The number of pyridine rings is 1. The van der Waals surface area contributed by atoms with Crippen LogP contribution in [0.2, 0.25) is 0 Å². The largest absolute Gasteiger partial charge is 0.350 e. The van der Waals surface area contributed by atoms with Crippen molar-refractivity contribution in [3.63, 3.8) is 0 Å². The van der Waals surface area contributed by atoms with Crippen molar-refractivity contribution < 1.29 is 9.36 Å². The van der Waals surface area contributed by atoms with Gasteiger partial charge in [-0.05, 0) is 73.7 Å². The number of nitrogens with one attached hydrogen (secondary N) is 1. The molecule has 0 radical (unpaired) electrons. The van der Waals surface area contributed by atoms with Crippen molar-refractivity contribution in [2.24, 2.45) is 23.2 Å². The first kappa shape index (κ1) is 15.2. The van der Waals surface area contributed by atoms with Crippen LogP contribution in [0.1, 0.15) is 51.0 Å². The van der Waals surface area contributed by atoms with E-state index in [4.69, 9.17) is 0 Å². The van der Waals surface area contributed by atoms with Crippen LogP contribution in [-0.4, -0.2) is 12.5 Å². The molecule has 124 valence electrons. The Hall–Kier alpha value is -1.38. The zero-order chi connectivity index (χ0) is 15.9. The Bertz CT molecular complexity index is 543. The molecule has 4 aliphatic carbocycles. The van der Waals surface area contributed by atoms with Gasteiger partial charge in [0.1, 0.15) is 0 Å². The number of aromatic nitrogens is 1. The van der Waals surface area contributed by atoms with Gasteiger partial charge in [0.05, 0.1) is 0 Å². The number of amides is 1. The number of hydrogen-bond donors (Lipinski definition) is 1. The van der Waals surface area contributed by atoms with E-state index in [1.165, 1.54) is 44.1 Å². The number of aryl methyl sites for hydroxylation is 1. The molecule has 4 fully saturated rings. The molecule has 4 saturated carbocycles. The molecule has 1 N–H and O–H groups in total. The van der Waals surface area contributed by atoms with Gasteiger partial charge < -0.3 is 5.32 Å². The van der Waals surface area contributed by atoms with Crippen LogP contribution in [0.5, 0.6) is 0 Å². The van der Waals surface area contributed by atoms with Crippen LogP contribution >= 0.6 is 0 Å². The minimum Gasteiger partial charge on any atom is -0.350 e. The molecule has 0 aromatic carbocycles. The highest BCUT2D eigenvalue weighted by atomic mass is 16.1. The van der Waals surface area contributed by atoms with Crippen LogP contribution in [0.15, 0.2) is 24.5 Å². The Balaban J connectivity index is 1.32. The quantitative estimate of drug-likeness (QED) is 0.833. The average molecular weight is 313 g/mol. The van der Waals surface area contributed by atoms with E-state index in [-0.39, 0.29) is 5.91 Å². The minimum absolute atomic E-state index is 0.162. The van der Waals surface area contributed by atoms with Gasteiger partial charge in [-0.2, -0.15) is 4.57 Å². The summed E-state index contributed by atoms with van der Waals surface area (Å²) >= 11 is 0. The summed E-state index contributed by atoms with van der Waals surface area (Å²) in [7, 11) is 0. The molecule has 1 aromatic heterocycles. The second-order valence-corrected chi connectivity index (χ2v) is 8.43. The van der Waals surface area contributed by atoms with Crippen LogP contribution in [0.3, 0.4) is 0 Å². The lowest BCUT2D eigenvalue weighted by atomic mass is 9.49. The van der Waals surface area contributed by atoms with Gasteiger partial charge in [-0.15, -0.1) is 0 Å². The van der Waals surface area contributed by atoms with Crippen molar-refractivity contribution in [2.45, 2.75) is 58.4 Å². The summed E-state index contributed by atoms with van der Waals surface area (Å²) in [6.45, 7) is 3.50. The fraction of sp³-hybridized carbons (Fsp3) is 0.700. The maximum atomic E-state index is 12.3. The third kappa shape index (κ3) is 3.15. The summed E-state index contributed by atoms with van der Waals surface area (Å²) in [5.74, 6) is 3.02. The van der Waals surface area contributed by atoms with E-state index in [2.05, 4.69) is 24.4 Å². The zero-order valence-electron chi connectivity index (χ0n) is 14.3. The van der Waals surface area contributed by atoms with Gasteiger partial charge in [0.15, 0.2) is 12.4 Å². The van der Waals surface area contributed by atoms with Crippen LogP contribution in [0.4, 0.5) is 0 Å². The lowest BCUT2D eigenvalue weighted by Crippen LogP contribution is -2.52. The lowest BCUT2D eigenvalue weighted by Gasteiger charge is -2.56. The topological polar surface area (TPSA) is 33.0 Å². The van der Waals surface area contributed by atoms with E-state index in [1.54, 1.807) is 0 Å². The Morgan fingerprint density at radius 3 is 2.22 bits per heavy atom. The maximum Gasteiger partial charge on any atom is 0.286 e. The number of nitrogens with zero attached hydrogens (tertiary/aromatic N) is 1. The SMILES string of the molecule is CCc1cc[n+](CC(=O)NCC23CC4CC(CC(C4)C2)C3)cc1. The predicted octanol–water partition coefficient (Wildman–Crippen LogP) is 2.87. The molecular formula is C20H29N2O+. The average Bonchev–Trinajstić information content (AvgIpc) is 2.53. The van der Waals surface area contributed by atoms with Crippen LogP contribution < -0.4 is 9.88 Å². The second kappa shape index (κ2) is 5.92. The van der Waals surface area contributed by atoms with Crippen molar-refractivity contribution in [3.05, 3.63) is 30.1 Å². The Morgan fingerprint density at radius 1 is 1.13 bits per heavy atom. The Labute approximate surface area is 139 Å². The van der Waals surface area contributed by atoms with E-state index in [1.807, 2.05) is 17.0 Å². The summed E-state index contributed by atoms with van der Waals surface area (Å²) in [5, 5.41) is 3.26. The molecule has 3 heteroatoms. The molecule has 0 saturated heterocycles. The van der Waals surface area contributed by atoms with Gasteiger partial charge in [-0.1, -0.05) is 6.92 Å². The number of carbonyl (C=O) groups excluding carboxylic acids is 1. The highest BCUT2D eigenvalue weighted by Gasteiger charge is 2.50. The van der Waals surface area contributed by atoms with E-state index in [0.717, 1.165) is 30.7 Å². The van der Waals surface area contributed by atoms with Gasteiger partial charge in [-0.25, -0.2) is 0 Å². The summed E-state index contributed by atoms with van der Waals surface area (Å²) in [4.78, 5) is 12.3. The normalized spacial score (nSPS) is 34.6. The molecule has 0 atom stereocenters. The van der Waals surface area contributed by atoms with Crippen molar-refractivity contribution >= 4 is 5.91 Å². The summed E-state index contributed by atoms with van der Waals surface area (Å²) in [6, 6.07) is 4.21. The van der Waals surface area contributed by atoms with Gasteiger partial charge >= 0.3 is 0 Å². The molecule has 4 aliphatic rings. The first-order valence-electron chi connectivity index (χ1n) is 9.39. The molecular weight excluding hydrogens is 284 g/mol. The first-order chi connectivity index (χ1) is 11.1. The summed E-state index contributed by atoms with van der Waals surface area (Å²) in [6.07, 6.45) is 13.5. The molecule has 1 amide bonds. The zero-order valence-corrected chi connectivity index (χ0v) is 14.3. The van der Waals surface area contributed by atoms with Gasteiger partial charge in [0, 0.05) is 18.7 Å². The third-order valence-electron chi connectivity index (χ3n) is 6.52. The fourth-order valence-corrected chi connectivity index (χ4v) is 5.84. The first-order valence-corrected chi connectivity index (χ1v) is 9.39. The predicted molar refractivity (Wildman–Crippen MR) is 89.6 cm³/mol.